The third-order valence-electron chi connectivity index (χ3n) is 6.51. The highest BCUT2D eigenvalue weighted by Crippen LogP contribution is 2.47. The molecule has 5 heteroatoms. The normalized spacial score (nSPS) is 37.8. The molecule has 4 aliphatic rings. The van der Waals surface area contributed by atoms with Gasteiger partial charge in [-0.2, -0.15) is 0 Å². The highest BCUT2D eigenvalue weighted by molar-refractivity contribution is 14.0. The van der Waals surface area contributed by atoms with Crippen LogP contribution in [0.4, 0.5) is 0 Å². The van der Waals surface area contributed by atoms with Crippen LogP contribution in [0.1, 0.15) is 52.4 Å². The van der Waals surface area contributed by atoms with Crippen molar-refractivity contribution in [2.45, 2.75) is 64.6 Å². The fourth-order valence-corrected chi connectivity index (χ4v) is 5.21. The Morgan fingerprint density at radius 2 is 1.78 bits per heavy atom. The van der Waals surface area contributed by atoms with Gasteiger partial charge >= 0.3 is 0 Å². The van der Waals surface area contributed by atoms with Crippen LogP contribution in [0.15, 0.2) is 4.99 Å². The van der Waals surface area contributed by atoms with Gasteiger partial charge in [0.05, 0.1) is 12.2 Å². The highest BCUT2D eigenvalue weighted by Gasteiger charge is 2.53. The molecule has 0 radical (unpaired) electrons. The number of hydrogen-bond donors (Lipinski definition) is 1. The molecule has 0 aromatic heterocycles. The number of nitrogens with one attached hydrogen (secondary N) is 1. The largest absolute Gasteiger partial charge is 0.374 e. The highest BCUT2D eigenvalue weighted by atomic mass is 127. The topological polar surface area (TPSA) is 36.9 Å². The second-order valence-electron chi connectivity index (χ2n) is 8.21. The molecule has 0 aromatic carbocycles. The Hall–Kier alpha value is -0.0400. The summed E-state index contributed by atoms with van der Waals surface area (Å²) in [4.78, 5) is 7.56. The Balaban J connectivity index is 0.00000156. The molecule has 0 aromatic rings. The summed E-state index contributed by atoms with van der Waals surface area (Å²) in [6, 6.07) is 0. The number of fused-ring (bicyclic) bond motifs is 5. The van der Waals surface area contributed by atoms with Crippen molar-refractivity contribution < 1.29 is 4.74 Å². The lowest BCUT2D eigenvalue weighted by Crippen LogP contribution is -2.42. The van der Waals surface area contributed by atoms with Gasteiger partial charge in [0.1, 0.15) is 0 Å². The van der Waals surface area contributed by atoms with Crippen molar-refractivity contribution in [2.75, 3.05) is 26.2 Å². The molecule has 4 fully saturated rings. The Morgan fingerprint density at radius 1 is 1.17 bits per heavy atom. The number of aliphatic imine (C=N–C) groups is 1. The third kappa shape index (κ3) is 3.37. The molecule has 23 heavy (non-hydrogen) atoms. The van der Waals surface area contributed by atoms with E-state index >= 15 is 0 Å². The van der Waals surface area contributed by atoms with E-state index in [9.17, 15) is 0 Å². The van der Waals surface area contributed by atoms with Gasteiger partial charge in [-0.3, -0.25) is 4.99 Å². The number of hydrogen-bond acceptors (Lipinski definition) is 2. The van der Waals surface area contributed by atoms with Crippen molar-refractivity contribution in [1.82, 2.24) is 10.2 Å². The van der Waals surface area contributed by atoms with Crippen LogP contribution in [0.2, 0.25) is 0 Å². The van der Waals surface area contributed by atoms with Crippen molar-refractivity contribution >= 4 is 29.9 Å². The molecule has 4 nitrogen and oxygen atoms in total. The SMILES string of the molecule is CCNC(=NCC1(C)CCCC1)N1CC2C3CCC(O3)C2C1.I. The summed E-state index contributed by atoms with van der Waals surface area (Å²) in [5.74, 6) is 2.67. The van der Waals surface area contributed by atoms with Gasteiger partial charge in [-0.25, -0.2) is 0 Å². The van der Waals surface area contributed by atoms with E-state index in [4.69, 9.17) is 9.73 Å². The molecule has 0 amide bonds. The molecular formula is C18H32IN3O. The van der Waals surface area contributed by atoms with E-state index in [2.05, 4.69) is 24.1 Å². The molecule has 3 aliphatic heterocycles. The van der Waals surface area contributed by atoms with E-state index in [-0.39, 0.29) is 24.0 Å². The summed E-state index contributed by atoms with van der Waals surface area (Å²) in [6.45, 7) is 8.84. The van der Waals surface area contributed by atoms with E-state index in [1.54, 1.807) is 0 Å². The lowest BCUT2D eigenvalue weighted by Gasteiger charge is -2.26. The van der Waals surface area contributed by atoms with E-state index in [0.717, 1.165) is 44.0 Å². The van der Waals surface area contributed by atoms with E-state index in [1.807, 2.05) is 0 Å². The van der Waals surface area contributed by atoms with Crippen molar-refractivity contribution in [3.63, 3.8) is 0 Å². The Labute approximate surface area is 157 Å². The molecule has 3 heterocycles. The van der Waals surface area contributed by atoms with Crippen LogP contribution in [0.25, 0.3) is 0 Å². The molecule has 132 valence electrons. The van der Waals surface area contributed by atoms with Gasteiger partial charge in [0.2, 0.25) is 0 Å². The molecule has 4 unspecified atom stereocenters. The first-order valence-electron chi connectivity index (χ1n) is 9.37. The molecule has 4 atom stereocenters. The molecule has 2 bridgehead atoms. The van der Waals surface area contributed by atoms with Gasteiger partial charge in [-0.1, -0.05) is 19.8 Å². The Bertz CT molecular complexity index is 432. The van der Waals surface area contributed by atoms with Crippen LogP contribution in [0.3, 0.4) is 0 Å². The number of guanidine groups is 1. The fourth-order valence-electron chi connectivity index (χ4n) is 5.21. The van der Waals surface area contributed by atoms with Crippen LogP contribution in [0.5, 0.6) is 0 Å². The smallest absolute Gasteiger partial charge is 0.193 e. The predicted octanol–water partition coefficient (Wildman–Crippen LogP) is 3.26. The Morgan fingerprint density at radius 3 is 2.35 bits per heavy atom. The van der Waals surface area contributed by atoms with Crippen molar-refractivity contribution in [3.8, 4) is 0 Å². The third-order valence-corrected chi connectivity index (χ3v) is 6.51. The number of halogens is 1. The van der Waals surface area contributed by atoms with Crippen LogP contribution in [-0.4, -0.2) is 49.2 Å². The van der Waals surface area contributed by atoms with Gasteiger partial charge < -0.3 is 15.0 Å². The van der Waals surface area contributed by atoms with Crippen molar-refractivity contribution in [1.29, 1.82) is 0 Å². The molecule has 3 saturated heterocycles. The summed E-state index contributed by atoms with van der Waals surface area (Å²) >= 11 is 0. The molecular weight excluding hydrogens is 401 g/mol. The first-order chi connectivity index (χ1) is 10.7. The van der Waals surface area contributed by atoms with Gasteiger partial charge in [0, 0.05) is 38.0 Å². The van der Waals surface area contributed by atoms with Crippen LogP contribution < -0.4 is 5.32 Å². The summed E-state index contributed by atoms with van der Waals surface area (Å²) in [7, 11) is 0. The molecule has 1 aliphatic carbocycles. The summed E-state index contributed by atoms with van der Waals surface area (Å²) < 4.78 is 6.10. The fraction of sp³-hybridized carbons (Fsp3) is 0.944. The minimum absolute atomic E-state index is 0. The average molecular weight is 433 g/mol. The monoisotopic (exact) mass is 433 g/mol. The zero-order chi connectivity index (χ0) is 15.2. The minimum atomic E-state index is 0. The average Bonchev–Trinajstić information content (AvgIpc) is 3.24. The van der Waals surface area contributed by atoms with Crippen LogP contribution >= 0.6 is 24.0 Å². The minimum Gasteiger partial charge on any atom is -0.374 e. The maximum atomic E-state index is 6.10. The lowest BCUT2D eigenvalue weighted by atomic mass is 9.82. The predicted molar refractivity (Wildman–Crippen MR) is 104 cm³/mol. The summed E-state index contributed by atoms with van der Waals surface area (Å²) in [6.07, 6.45) is 9.11. The maximum absolute atomic E-state index is 6.10. The zero-order valence-corrected chi connectivity index (χ0v) is 16.9. The van der Waals surface area contributed by atoms with Crippen molar-refractivity contribution in [3.05, 3.63) is 0 Å². The van der Waals surface area contributed by atoms with Gasteiger partial charge in [0.25, 0.3) is 0 Å². The van der Waals surface area contributed by atoms with Crippen LogP contribution in [-0.2, 0) is 4.74 Å². The summed E-state index contributed by atoms with van der Waals surface area (Å²) in [5.41, 5.74) is 0.443. The molecule has 0 spiro atoms. The van der Waals surface area contributed by atoms with E-state index in [1.165, 1.54) is 38.5 Å². The maximum Gasteiger partial charge on any atom is 0.193 e. The number of nitrogens with zero attached hydrogens (tertiary/aromatic N) is 2. The van der Waals surface area contributed by atoms with Gasteiger partial charge in [-0.05, 0) is 38.0 Å². The summed E-state index contributed by atoms with van der Waals surface area (Å²) in [5, 5.41) is 3.54. The Kier molecular flexibility index (Phi) is 5.46. The van der Waals surface area contributed by atoms with E-state index < -0.39 is 0 Å². The standard InChI is InChI=1S/C18H31N3O.HI/c1-3-19-17(20-12-18(2)8-4-5-9-18)21-10-13-14(11-21)16-7-6-15(13)22-16;/h13-16H,3-12H2,1-2H3,(H,19,20);1H. The molecule has 1 N–H and O–H groups in total. The quantitative estimate of drug-likeness (QED) is 0.422. The first kappa shape index (κ1) is 17.8. The lowest BCUT2D eigenvalue weighted by molar-refractivity contribution is 0.0767. The number of rotatable bonds is 3. The molecule has 1 saturated carbocycles. The second kappa shape index (κ2) is 7.06. The number of ether oxygens (including phenoxy) is 1. The number of likely N-dealkylation sites (tertiary alicyclic amines) is 1. The second-order valence-corrected chi connectivity index (χ2v) is 8.21. The zero-order valence-electron chi connectivity index (χ0n) is 14.6. The molecule has 4 rings (SSSR count). The van der Waals surface area contributed by atoms with Gasteiger partial charge in [0.15, 0.2) is 5.96 Å². The van der Waals surface area contributed by atoms with E-state index in [0.29, 0.717) is 17.6 Å². The van der Waals surface area contributed by atoms with Gasteiger partial charge in [-0.15, -0.1) is 24.0 Å². The van der Waals surface area contributed by atoms with Crippen LogP contribution in [0, 0.1) is 17.3 Å². The first-order valence-corrected chi connectivity index (χ1v) is 9.37. The van der Waals surface area contributed by atoms with Crippen molar-refractivity contribution in [2.24, 2.45) is 22.2 Å².